The zero-order chi connectivity index (χ0) is 22.2. The molecule has 2 N–H and O–H groups in total. The Morgan fingerprint density at radius 2 is 1.97 bits per heavy atom. The lowest BCUT2D eigenvalue weighted by atomic mass is 10.1. The van der Waals surface area contributed by atoms with Crippen LogP contribution in [0.4, 0.5) is 15.9 Å². The van der Waals surface area contributed by atoms with E-state index in [0.717, 1.165) is 28.2 Å². The predicted octanol–water partition coefficient (Wildman–Crippen LogP) is 3.97. The maximum atomic E-state index is 13.5. The van der Waals surface area contributed by atoms with E-state index in [1.165, 1.54) is 12.1 Å². The van der Waals surface area contributed by atoms with Crippen molar-refractivity contribution in [3.63, 3.8) is 0 Å². The lowest BCUT2D eigenvalue weighted by Crippen LogP contribution is -2.03. The van der Waals surface area contributed by atoms with Crippen LogP contribution in [0.1, 0.15) is 17.0 Å². The summed E-state index contributed by atoms with van der Waals surface area (Å²) in [6.45, 7) is 3.51. The second-order valence-electron chi connectivity index (χ2n) is 7.46. The van der Waals surface area contributed by atoms with Gasteiger partial charge in [0.05, 0.1) is 18.0 Å². The summed E-state index contributed by atoms with van der Waals surface area (Å²) in [6.07, 6.45) is 6.99. The Morgan fingerprint density at radius 1 is 1.09 bits per heavy atom. The van der Waals surface area contributed by atoms with Crippen molar-refractivity contribution in [1.82, 2.24) is 29.1 Å². The van der Waals surface area contributed by atoms with Gasteiger partial charge >= 0.3 is 0 Å². The number of hydrogen-bond donors (Lipinski definition) is 2. The van der Waals surface area contributed by atoms with Crippen molar-refractivity contribution in [2.24, 2.45) is 0 Å². The van der Waals surface area contributed by atoms with Gasteiger partial charge < -0.3 is 14.8 Å². The fourth-order valence-electron chi connectivity index (χ4n) is 3.66. The Hall–Kier alpha value is -4.11. The van der Waals surface area contributed by atoms with E-state index in [2.05, 4.69) is 20.4 Å². The highest BCUT2D eigenvalue weighted by Crippen LogP contribution is 2.27. The highest BCUT2D eigenvalue weighted by Gasteiger charge is 2.13. The Bertz CT molecular complexity index is 1440. The summed E-state index contributed by atoms with van der Waals surface area (Å²) < 4.78 is 17.0. The SMILES string of the molecule is Cc1ncn(-c2ccc(Nc3nccn4cc(-c5ccc(F)cc5C)nc34)cc2CO)n1. The quantitative estimate of drug-likeness (QED) is 0.439. The molecular formula is C23H20FN7O. The van der Waals surface area contributed by atoms with Crippen molar-refractivity contribution in [3.8, 4) is 16.9 Å². The van der Waals surface area contributed by atoms with E-state index in [1.807, 2.05) is 48.8 Å². The van der Waals surface area contributed by atoms with Gasteiger partial charge in [-0.2, -0.15) is 5.10 Å². The van der Waals surface area contributed by atoms with Crippen molar-refractivity contribution in [2.75, 3.05) is 5.32 Å². The molecule has 0 aliphatic heterocycles. The fraction of sp³-hybridized carbons (Fsp3) is 0.130. The number of imidazole rings is 1. The summed E-state index contributed by atoms with van der Waals surface area (Å²) in [5.74, 6) is 0.938. The normalized spacial score (nSPS) is 11.2. The van der Waals surface area contributed by atoms with Crippen LogP contribution >= 0.6 is 0 Å². The van der Waals surface area contributed by atoms with Crippen LogP contribution in [0.3, 0.4) is 0 Å². The van der Waals surface area contributed by atoms with Crippen LogP contribution in [-0.4, -0.2) is 34.2 Å². The summed E-state index contributed by atoms with van der Waals surface area (Å²) in [4.78, 5) is 13.3. The van der Waals surface area contributed by atoms with Gasteiger partial charge in [0, 0.05) is 35.4 Å². The van der Waals surface area contributed by atoms with E-state index in [9.17, 15) is 9.50 Å². The van der Waals surface area contributed by atoms with Crippen LogP contribution in [0.5, 0.6) is 0 Å². The molecule has 0 saturated heterocycles. The minimum Gasteiger partial charge on any atom is -0.392 e. The molecule has 3 aromatic heterocycles. The lowest BCUT2D eigenvalue weighted by molar-refractivity contribution is 0.281. The fourth-order valence-corrected chi connectivity index (χ4v) is 3.66. The van der Waals surface area contributed by atoms with Gasteiger partial charge in [-0.05, 0) is 55.8 Å². The van der Waals surface area contributed by atoms with Gasteiger partial charge in [0.25, 0.3) is 0 Å². The molecule has 9 heteroatoms. The van der Waals surface area contributed by atoms with E-state index in [4.69, 9.17) is 4.98 Å². The third-order valence-corrected chi connectivity index (χ3v) is 5.21. The minimum atomic E-state index is -0.275. The number of halogens is 1. The van der Waals surface area contributed by atoms with Gasteiger partial charge in [-0.3, -0.25) is 0 Å². The van der Waals surface area contributed by atoms with Crippen molar-refractivity contribution >= 4 is 17.2 Å². The molecule has 0 bridgehead atoms. The van der Waals surface area contributed by atoms with Crippen LogP contribution < -0.4 is 5.32 Å². The van der Waals surface area contributed by atoms with Gasteiger partial charge in [0.2, 0.25) is 0 Å². The molecule has 0 fully saturated rings. The molecule has 0 aliphatic rings. The van der Waals surface area contributed by atoms with Gasteiger partial charge in [-0.1, -0.05) is 0 Å². The number of rotatable bonds is 5. The molecule has 5 rings (SSSR count). The predicted molar refractivity (Wildman–Crippen MR) is 118 cm³/mol. The number of aliphatic hydroxyl groups excluding tert-OH is 1. The molecule has 2 aromatic carbocycles. The number of benzene rings is 2. The zero-order valence-electron chi connectivity index (χ0n) is 17.5. The van der Waals surface area contributed by atoms with Crippen molar-refractivity contribution in [1.29, 1.82) is 0 Å². The number of aliphatic hydroxyl groups is 1. The monoisotopic (exact) mass is 429 g/mol. The largest absolute Gasteiger partial charge is 0.392 e. The molecule has 0 amide bonds. The summed E-state index contributed by atoms with van der Waals surface area (Å²) in [5, 5.41) is 17.5. The smallest absolute Gasteiger partial charge is 0.181 e. The molecule has 0 atom stereocenters. The highest BCUT2D eigenvalue weighted by molar-refractivity contribution is 5.75. The van der Waals surface area contributed by atoms with Crippen LogP contribution in [0.2, 0.25) is 0 Å². The first-order valence-electron chi connectivity index (χ1n) is 10.0. The molecule has 32 heavy (non-hydrogen) atoms. The lowest BCUT2D eigenvalue weighted by Gasteiger charge is -2.11. The molecule has 160 valence electrons. The Morgan fingerprint density at radius 3 is 2.72 bits per heavy atom. The molecule has 0 saturated carbocycles. The number of nitrogens with one attached hydrogen (secondary N) is 1. The molecule has 8 nitrogen and oxygen atoms in total. The van der Waals surface area contributed by atoms with Crippen molar-refractivity contribution < 1.29 is 9.50 Å². The maximum absolute atomic E-state index is 13.5. The number of aromatic nitrogens is 6. The molecule has 5 aromatic rings. The van der Waals surface area contributed by atoms with Crippen LogP contribution in [0.15, 0.2) is 61.3 Å². The molecule has 0 spiro atoms. The van der Waals surface area contributed by atoms with E-state index < -0.39 is 0 Å². The van der Waals surface area contributed by atoms with E-state index in [-0.39, 0.29) is 12.4 Å². The number of anilines is 2. The first-order valence-corrected chi connectivity index (χ1v) is 10.0. The van der Waals surface area contributed by atoms with E-state index in [1.54, 1.807) is 23.3 Å². The molecular weight excluding hydrogens is 409 g/mol. The first kappa shape index (κ1) is 19.8. The number of hydrogen-bond acceptors (Lipinski definition) is 6. The number of nitrogens with zero attached hydrogens (tertiary/aromatic N) is 6. The molecule has 0 aliphatic carbocycles. The molecule has 0 unspecified atom stereocenters. The third-order valence-electron chi connectivity index (χ3n) is 5.21. The first-order chi connectivity index (χ1) is 15.5. The Labute approximate surface area is 183 Å². The molecule has 0 radical (unpaired) electrons. The van der Waals surface area contributed by atoms with Gasteiger partial charge in [-0.25, -0.2) is 24.0 Å². The second kappa shape index (κ2) is 7.86. The van der Waals surface area contributed by atoms with Crippen molar-refractivity contribution in [2.45, 2.75) is 20.5 Å². The summed E-state index contributed by atoms with van der Waals surface area (Å²) in [7, 11) is 0. The van der Waals surface area contributed by atoms with Gasteiger partial charge in [0.15, 0.2) is 11.5 Å². The van der Waals surface area contributed by atoms with Crippen LogP contribution in [0.25, 0.3) is 22.6 Å². The Balaban J connectivity index is 1.51. The van der Waals surface area contributed by atoms with Crippen molar-refractivity contribution in [3.05, 3.63) is 84.1 Å². The van der Waals surface area contributed by atoms with E-state index in [0.29, 0.717) is 22.9 Å². The van der Waals surface area contributed by atoms with Crippen LogP contribution in [-0.2, 0) is 6.61 Å². The average Bonchev–Trinajstić information content (AvgIpc) is 3.40. The van der Waals surface area contributed by atoms with Gasteiger partial charge in [0.1, 0.15) is 18.0 Å². The van der Waals surface area contributed by atoms with E-state index >= 15 is 0 Å². The summed E-state index contributed by atoms with van der Waals surface area (Å²) in [6, 6.07) is 10.2. The second-order valence-corrected chi connectivity index (χ2v) is 7.46. The minimum absolute atomic E-state index is 0.154. The zero-order valence-corrected chi connectivity index (χ0v) is 17.5. The Kier molecular flexibility index (Phi) is 4.87. The molecule has 3 heterocycles. The third kappa shape index (κ3) is 3.58. The van der Waals surface area contributed by atoms with Gasteiger partial charge in [-0.15, -0.1) is 0 Å². The topological polar surface area (TPSA) is 93.2 Å². The standard InChI is InChI=1S/C23H20FN7O/c1-14-9-17(24)3-5-19(14)20-11-30-8-7-25-22(23(30)28-20)27-18-4-6-21(16(10-18)12-32)31-13-26-15(2)29-31/h3-11,13,32H,12H2,1-2H3,(H,25,27). The maximum Gasteiger partial charge on any atom is 0.181 e. The highest BCUT2D eigenvalue weighted by atomic mass is 19.1. The summed E-state index contributed by atoms with van der Waals surface area (Å²) in [5.41, 5.74) is 5.22. The summed E-state index contributed by atoms with van der Waals surface area (Å²) >= 11 is 0. The van der Waals surface area contributed by atoms with Crippen LogP contribution in [0, 0.1) is 19.7 Å². The number of fused-ring (bicyclic) bond motifs is 1. The average molecular weight is 429 g/mol. The number of aryl methyl sites for hydroxylation is 2.